The van der Waals surface area contributed by atoms with Gasteiger partial charge in [-0.25, -0.2) is 9.37 Å². The number of halogens is 1. The van der Waals surface area contributed by atoms with Crippen LogP contribution in [0.15, 0.2) is 30.7 Å². The first-order valence-electron chi connectivity index (χ1n) is 5.23. The van der Waals surface area contributed by atoms with E-state index in [0.717, 1.165) is 5.69 Å². The van der Waals surface area contributed by atoms with Crippen LogP contribution in [0.4, 0.5) is 10.1 Å². The molecular formula is C12H14FN3O. The van der Waals surface area contributed by atoms with E-state index >= 15 is 0 Å². The lowest BCUT2D eigenvalue weighted by Crippen LogP contribution is -2.04. The molecule has 4 nitrogen and oxygen atoms in total. The summed E-state index contributed by atoms with van der Waals surface area (Å²) in [6.07, 6.45) is 3.50. The molecule has 17 heavy (non-hydrogen) atoms. The van der Waals surface area contributed by atoms with Gasteiger partial charge in [0.15, 0.2) is 11.6 Å². The van der Waals surface area contributed by atoms with Crippen LogP contribution < -0.4 is 10.1 Å². The van der Waals surface area contributed by atoms with Crippen LogP contribution in [0.1, 0.15) is 5.69 Å². The van der Waals surface area contributed by atoms with Crippen molar-refractivity contribution in [2.24, 2.45) is 7.05 Å². The first-order valence-corrected chi connectivity index (χ1v) is 5.23. The summed E-state index contributed by atoms with van der Waals surface area (Å²) in [7, 11) is 3.36. The van der Waals surface area contributed by atoms with Crippen LogP contribution in [-0.2, 0) is 13.6 Å². The van der Waals surface area contributed by atoms with Crippen molar-refractivity contribution < 1.29 is 9.13 Å². The molecule has 0 saturated heterocycles. The third-order valence-electron chi connectivity index (χ3n) is 2.54. The van der Waals surface area contributed by atoms with Crippen LogP contribution in [0.2, 0.25) is 0 Å². The Kier molecular flexibility index (Phi) is 3.27. The van der Waals surface area contributed by atoms with Crippen molar-refractivity contribution in [3.63, 3.8) is 0 Å². The van der Waals surface area contributed by atoms with Gasteiger partial charge in [0.1, 0.15) is 0 Å². The fourth-order valence-electron chi connectivity index (χ4n) is 1.52. The monoisotopic (exact) mass is 235 g/mol. The second kappa shape index (κ2) is 4.86. The highest BCUT2D eigenvalue weighted by Crippen LogP contribution is 2.20. The maximum absolute atomic E-state index is 13.4. The fourth-order valence-corrected chi connectivity index (χ4v) is 1.52. The minimum absolute atomic E-state index is 0.246. The predicted octanol–water partition coefficient (Wildman–Crippen LogP) is 2.18. The average Bonchev–Trinajstić information content (AvgIpc) is 2.72. The maximum Gasteiger partial charge on any atom is 0.167 e. The van der Waals surface area contributed by atoms with E-state index in [9.17, 15) is 4.39 Å². The van der Waals surface area contributed by atoms with E-state index in [-0.39, 0.29) is 11.6 Å². The van der Waals surface area contributed by atoms with Crippen LogP contribution in [0.25, 0.3) is 0 Å². The van der Waals surface area contributed by atoms with Crippen LogP contribution in [0.3, 0.4) is 0 Å². The summed E-state index contributed by atoms with van der Waals surface area (Å²) < 4.78 is 20.2. The van der Waals surface area contributed by atoms with Gasteiger partial charge in [-0.3, -0.25) is 0 Å². The second-order valence-electron chi connectivity index (χ2n) is 3.70. The summed E-state index contributed by atoms with van der Waals surface area (Å²) in [6.45, 7) is 0.599. The third-order valence-corrected chi connectivity index (χ3v) is 2.54. The number of nitrogens with zero attached hydrogens (tertiary/aromatic N) is 2. The lowest BCUT2D eigenvalue weighted by Gasteiger charge is -2.08. The van der Waals surface area contributed by atoms with E-state index in [1.165, 1.54) is 13.2 Å². The van der Waals surface area contributed by atoms with Gasteiger partial charge >= 0.3 is 0 Å². The van der Waals surface area contributed by atoms with Crippen molar-refractivity contribution in [2.75, 3.05) is 12.4 Å². The molecule has 0 saturated carbocycles. The quantitative estimate of drug-likeness (QED) is 0.882. The molecule has 1 N–H and O–H groups in total. The number of ether oxygens (including phenoxy) is 1. The zero-order chi connectivity index (χ0) is 12.3. The third kappa shape index (κ3) is 2.55. The minimum atomic E-state index is -0.373. The Bertz CT molecular complexity index is 510. The van der Waals surface area contributed by atoms with Crippen LogP contribution >= 0.6 is 0 Å². The van der Waals surface area contributed by atoms with Gasteiger partial charge < -0.3 is 14.6 Å². The fraction of sp³-hybridized carbons (Fsp3) is 0.250. The Morgan fingerprint density at radius 2 is 2.29 bits per heavy atom. The standard InChI is InChI=1S/C12H14FN3O/c1-16-8-14-6-10(16)7-15-9-3-4-12(17-2)11(13)5-9/h3-6,8,15H,7H2,1-2H3. The molecule has 1 heterocycles. The van der Waals surface area contributed by atoms with Crippen molar-refractivity contribution in [1.29, 1.82) is 0 Å². The molecule has 1 aromatic carbocycles. The zero-order valence-corrected chi connectivity index (χ0v) is 9.77. The van der Waals surface area contributed by atoms with Crippen molar-refractivity contribution in [3.05, 3.63) is 42.2 Å². The molecule has 0 aliphatic heterocycles. The molecule has 0 fully saturated rings. The molecular weight excluding hydrogens is 221 g/mol. The summed E-state index contributed by atoms with van der Waals surface area (Å²) >= 11 is 0. The second-order valence-corrected chi connectivity index (χ2v) is 3.70. The smallest absolute Gasteiger partial charge is 0.167 e. The van der Waals surface area contributed by atoms with Crippen molar-refractivity contribution in [2.45, 2.75) is 6.54 Å². The molecule has 5 heteroatoms. The molecule has 0 bridgehead atoms. The lowest BCUT2D eigenvalue weighted by atomic mass is 10.3. The zero-order valence-electron chi connectivity index (χ0n) is 9.77. The summed E-state index contributed by atoms with van der Waals surface area (Å²) in [5.74, 6) is -0.126. The number of rotatable bonds is 4. The molecule has 1 aromatic heterocycles. The van der Waals surface area contributed by atoms with Crippen LogP contribution in [0.5, 0.6) is 5.75 Å². The van der Waals surface area contributed by atoms with Gasteiger partial charge in [0.2, 0.25) is 0 Å². The highest BCUT2D eigenvalue weighted by Gasteiger charge is 2.04. The van der Waals surface area contributed by atoms with Gasteiger partial charge in [0, 0.05) is 25.0 Å². The first kappa shape index (κ1) is 11.4. The summed E-state index contributed by atoms with van der Waals surface area (Å²) in [4.78, 5) is 4.01. The highest BCUT2D eigenvalue weighted by atomic mass is 19.1. The number of aryl methyl sites for hydroxylation is 1. The number of benzene rings is 1. The molecule has 2 rings (SSSR count). The van der Waals surface area contributed by atoms with E-state index in [1.807, 2.05) is 11.6 Å². The number of aromatic nitrogens is 2. The number of hydrogen-bond acceptors (Lipinski definition) is 3. The van der Waals surface area contributed by atoms with Gasteiger partial charge in [-0.15, -0.1) is 0 Å². The van der Waals surface area contributed by atoms with Gasteiger partial charge in [0.05, 0.1) is 25.7 Å². The molecule has 0 atom stereocenters. The van der Waals surface area contributed by atoms with E-state index in [2.05, 4.69) is 10.3 Å². The van der Waals surface area contributed by atoms with E-state index in [4.69, 9.17) is 4.74 Å². The number of methoxy groups -OCH3 is 1. The molecule has 0 unspecified atom stereocenters. The van der Waals surface area contributed by atoms with Gasteiger partial charge in [-0.1, -0.05) is 0 Å². The number of anilines is 1. The Hall–Kier alpha value is -2.04. The van der Waals surface area contributed by atoms with Crippen LogP contribution in [-0.4, -0.2) is 16.7 Å². The molecule has 0 radical (unpaired) electrons. The first-order chi connectivity index (χ1) is 8.20. The highest BCUT2D eigenvalue weighted by molar-refractivity contribution is 5.47. The number of imidazole rings is 1. The largest absolute Gasteiger partial charge is 0.494 e. The molecule has 2 aromatic rings. The van der Waals surface area contributed by atoms with Crippen LogP contribution in [0, 0.1) is 5.82 Å². The number of hydrogen-bond donors (Lipinski definition) is 1. The Labute approximate surface area is 99.1 Å². The molecule has 0 amide bonds. The van der Waals surface area contributed by atoms with Crippen molar-refractivity contribution in [1.82, 2.24) is 9.55 Å². The summed E-state index contributed by atoms with van der Waals surface area (Å²) in [5, 5.41) is 3.12. The molecule has 0 spiro atoms. The summed E-state index contributed by atoms with van der Waals surface area (Å²) in [5.41, 5.74) is 1.74. The Morgan fingerprint density at radius 3 is 2.88 bits per heavy atom. The Morgan fingerprint density at radius 1 is 1.47 bits per heavy atom. The lowest BCUT2D eigenvalue weighted by molar-refractivity contribution is 0.386. The molecule has 0 aliphatic carbocycles. The average molecular weight is 235 g/mol. The van der Waals surface area contributed by atoms with Gasteiger partial charge in [0.25, 0.3) is 0 Å². The van der Waals surface area contributed by atoms with Crippen molar-refractivity contribution >= 4 is 5.69 Å². The summed E-state index contributed by atoms with van der Waals surface area (Å²) in [6, 6.07) is 4.79. The van der Waals surface area contributed by atoms with E-state index in [0.29, 0.717) is 12.2 Å². The normalized spacial score (nSPS) is 10.3. The van der Waals surface area contributed by atoms with E-state index in [1.54, 1.807) is 24.7 Å². The minimum Gasteiger partial charge on any atom is -0.494 e. The van der Waals surface area contributed by atoms with E-state index < -0.39 is 0 Å². The predicted molar refractivity (Wildman–Crippen MR) is 63.5 cm³/mol. The molecule has 90 valence electrons. The SMILES string of the molecule is COc1ccc(NCc2cncn2C)cc1F. The topological polar surface area (TPSA) is 39.1 Å². The van der Waals surface area contributed by atoms with Gasteiger partial charge in [-0.05, 0) is 12.1 Å². The molecule has 0 aliphatic rings. The number of nitrogens with one attached hydrogen (secondary N) is 1. The van der Waals surface area contributed by atoms with Gasteiger partial charge in [-0.2, -0.15) is 0 Å². The Balaban J connectivity index is 2.05. The maximum atomic E-state index is 13.4. The van der Waals surface area contributed by atoms with Crippen molar-refractivity contribution in [3.8, 4) is 5.75 Å².